The Kier molecular flexibility index (Phi) is 7.77. The molecule has 0 radical (unpaired) electrons. The molecule has 0 saturated carbocycles. The van der Waals surface area contributed by atoms with Crippen molar-refractivity contribution in [3.63, 3.8) is 0 Å². The molecule has 1 aromatic rings. The number of piperazine rings is 1. The Hall–Kier alpha value is -2.22. The zero-order valence-corrected chi connectivity index (χ0v) is 15.8. The van der Waals surface area contributed by atoms with E-state index in [-0.39, 0.29) is 36.3 Å². The lowest BCUT2D eigenvalue weighted by atomic mass is 10.1. The average Bonchev–Trinajstić information content (AvgIpc) is 3.16. The van der Waals surface area contributed by atoms with Gasteiger partial charge in [0.05, 0.1) is 4.88 Å². The van der Waals surface area contributed by atoms with Gasteiger partial charge in [0, 0.05) is 58.9 Å². The molecule has 26 heavy (non-hydrogen) atoms. The van der Waals surface area contributed by atoms with Crippen LogP contribution in [-0.2, 0) is 14.4 Å². The van der Waals surface area contributed by atoms with Gasteiger partial charge in [0.25, 0.3) is 0 Å². The Balaban J connectivity index is 1.56. The van der Waals surface area contributed by atoms with Gasteiger partial charge in [0.2, 0.25) is 17.7 Å². The van der Waals surface area contributed by atoms with Crippen LogP contribution in [0.3, 0.4) is 0 Å². The third-order valence-corrected chi connectivity index (χ3v) is 5.25. The molecule has 1 aliphatic rings. The maximum Gasteiger partial charge on any atom is 0.224 e. The molecule has 1 N–H and O–H groups in total. The number of nitrogens with one attached hydrogen (secondary N) is 1. The Morgan fingerprint density at radius 3 is 2.35 bits per heavy atom. The van der Waals surface area contributed by atoms with Crippen LogP contribution in [0.25, 0.3) is 0 Å². The van der Waals surface area contributed by atoms with Gasteiger partial charge in [-0.3, -0.25) is 19.2 Å². The van der Waals surface area contributed by atoms with Crippen LogP contribution in [0.15, 0.2) is 17.5 Å². The highest BCUT2D eigenvalue weighted by molar-refractivity contribution is 7.12. The van der Waals surface area contributed by atoms with E-state index in [1.54, 1.807) is 15.9 Å². The monoisotopic (exact) mass is 379 g/mol. The highest BCUT2D eigenvalue weighted by atomic mass is 32.1. The number of hydrogen-bond donors (Lipinski definition) is 1. The molecule has 0 aromatic carbocycles. The Morgan fingerprint density at radius 1 is 1.04 bits per heavy atom. The predicted molar refractivity (Wildman–Crippen MR) is 99.0 cm³/mol. The van der Waals surface area contributed by atoms with Gasteiger partial charge in [-0.15, -0.1) is 11.3 Å². The summed E-state index contributed by atoms with van der Waals surface area (Å²) in [6.45, 7) is 4.02. The van der Waals surface area contributed by atoms with Crippen LogP contribution in [-0.4, -0.2) is 66.0 Å². The molecule has 1 aliphatic heterocycles. The maximum atomic E-state index is 12.1. The second-order valence-electron chi connectivity index (χ2n) is 6.24. The third-order valence-electron chi connectivity index (χ3n) is 4.34. The number of amides is 3. The number of rotatable bonds is 8. The topological polar surface area (TPSA) is 86.8 Å². The molecule has 8 heteroatoms. The molecule has 7 nitrogen and oxygen atoms in total. The molecule has 3 amide bonds. The van der Waals surface area contributed by atoms with Crippen molar-refractivity contribution in [2.45, 2.75) is 32.6 Å². The summed E-state index contributed by atoms with van der Waals surface area (Å²) in [5, 5.41) is 4.59. The minimum absolute atomic E-state index is 0.0126. The molecule has 0 bridgehead atoms. The van der Waals surface area contributed by atoms with Crippen molar-refractivity contribution in [2.24, 2.45) is 0 Å². The number of carbonyl (C=O) groups excluding carboxylic acids is 4. The number of carbonyl (C=O) groups is 4. The first-order chi connectivity index (χ1) is 12.5. The van der Waals surface area contributed by atoms with Gasteiger partial charge in [0.1, 0.15) is 0 Å². The van der Waals surface area contributed by atoms with E-state index in [9.17, 15) is 19.2 Å². The largest absolute Gasteiger partial charge is 0.356 e. The molecule has 0 atom stereocenters. The summed E-state index contributed by atoms with van der Waals surface area (Å²) < 4.78 is 0. The first-order valence-electron chi connectivity index (χ1n) is 8.84. The van der Waals surface area contributed by atoms with Crippen LogP contribution in [0.5, 0.6) is 0 Å². The number of hydrogen-bond acceptors (Lipinski definition) is 5. The van der Waals surface area contributed by atoms with E-state index in [1.165, 1.54) is 18.3 Å². The first-order valence-corrected chi connectivity index (χ1v) is 9.72. The van der Waals surface area contributed by atoms with Crippen LogP contribution in [0.1, 0.15) is 42.3 Å². The van der Waals surface area contributed by atoms with Gasteiger partial charge in [-0.05, 0) is 17.9 Å². The number of thiophene rings is 1. The Bertz CT molecular complexity index is 637. The summed E-state index contributed by atoms with van der Waals surface area (Å²) in [6, 6.07) is 3.62. The van der Waals surface area contributed by atoms with Crippen LogP contribution in [0.2, 0.25) is 0 Å². The summed E-state index contributed by atoms with van der Waals surface area (Å²) in [7, 11) is 0. The smallest absolute Gasteiger partial charge is 0.224 e. The molecule has 1 saturated heterocycles. The van der Waals surface area contributed by atoms with Crippen LogP contribution < -0.4 is 5.32 Å². The van der Waals surface area contributed by atoms with E-state index >= 15 is 0 Å². The maximum absolute atomic E-state index is 12.1. The summed E-state index contributed by atoms with van der Waals surface area (Å²) in [5.74, 6) is -0.0610. The van der Waals surface area contributed by atoms with Crippen molar-refractivity contribution in [1.29, 1.82) is 0 Å². The molecule has 2 heterocycles. The summed E-state index contributed by atoms with van der Waals surface area (Å²) in [4.78, 5) is 51.2. The molecule has 0 spiro atoms. The zero-order chi connectivity index (χ0) is 18.9. The molecule has 1 fully saturated rings. The molecular weight excluding hydrogens is 354 g/mol. The molecule has 1 aromatic heterocycles. The van der Waals surface area contributed by atoms with E-state index < -0.39 is 0 Å². The SMILES string of the molecule is CC(=O)N1CCN(C(=O)CCNC(=O)CCCC(=O)c2cccs2)CC1. The number of Topliss-reactive ketones (excluding diaryl/α,β-unsaturated/α-hetero) is 1. The van der Waals surface area contributed by atoms with Crippen LogP contribution in [0, 0.1) is 0 Å². The minimum Gasteiger partial charge on any atom is -0.356 e. The lowest BCUT2D eigenvalue weighted by Gasteiger charge is -2.34. The number of nitrogens with zero attached hydrogens (tertiary/aromatic N) is 2. The van der Waals surface area contributed by atoms with Gasteiger partial charge in [-0.1, -0.05) is 6.07 Å². The van der Waals surface area contributed by atoms with E-state index in [2.05, 4.69) is 5.32 Å². The van der Waals surface area contributed by atoms with Crippen molar-refractivity contribution >= 4 is 34.8 Å². The fraction of sp³-hybridized carbons (Fsp3) is 0.556. The lowest BCUT2D eigenvalue weighted by Crippen LogP contribution is -2.50. The van der Waals surface area contributed by atoms with E-state index in [1.807, 2.05) is 11.4 Å². The van der Waals surface area contributed by atoms with Gasteiger partial charge in [0.15, 0.2) is 5.78 Å². The van der Waals surface area contributed by atoms with Crippen LogP contribution in [0.4, 0.5) is 0 Å². The number of ketones is 1. The average molecular weight is 379 g/mol. The van der Waals surface area contributed by atoms with E-state index in [0.717, 1.165) is 4.88 Å². The fourth-order valence-corrected chi connectivity index (χ4v) is 3.49. The predicted octanol–water partition coefficient (Wildman–Crippen LogP) is 1.30. The standard InChI is InChI=1S/C18H25N3O4S/c1-14(22)20-9-11-21(12-10-20)18(25)7-8-19-17(24)6-2-4-15(23)16-5-3-13-26-16/h3,5,13H,2,4,6-12H2,1H3,(H,19,24). The van der Waals surface area contributed by atoms with Crippen molar-refractivity contribution in [1.82, 2.24) is 15.1 Å². The van der Waals surface area contributed by atoms with E-state index in [4.69, 9.17) is 0 Å². The minimum atomic E-state index is -0.141. The van der Waals surface area contributed by atoms with Crippen LogP contribution >= 0.6 is 11.3 Å². The van der Waals surface area contributed by atoms with Gasteiger partial charge < -0.3 is 15.1 Å². The van der Waals surface area contributed by atoms with Gasteiger partial charge in [-0.2, -0.15) is 0 Å². The van der Waals surface area contributed by atoms with Crippen molar-refractivity contribution in [3.05, 3.63) is 22.4 Å². The van der Waals surface area contributed by atoms with E-state index in [0.29, 0.717) is 45.6 Å². The quantitative estimate of drug-likeness (QED) is 0.690. The van der Waals surface area contributed by atoms with Gasteiger partial charge >= 0.3 is 0 Å². The molecular formula is C18H25N3O4S. The summed E-state index contributed by atoms with van der Waals surface area (Å²) in [6.07, 6.45) is 1.39. The summed E-state index contributed by atoms with van der Waals surface area (Å²) in [5.41, 5.74) is 0. The molecule has 2 rings (SSSR count). The third kappa shape index (κ3) is 6.25. The normalized spacial score (nSPS) is 14.2. The van der Waals surface area contributed by atoms with Crippen molar-refractivity contribution in [2.75, 3.05) is 32.7 Å². The zero-order valence-electron chi connectivity index (χ0n) is 15.0. The second-order valence-corrected chi connectivity index (χ2v) is 7.19. The lowest BCUT2D eigenvalue weighted by molar-refractivity contribution is -0.138. The molecule has 0 aliphatic carbocycles. The van der Waals surface area contributed by atoms with Crippen molar-refractivity contribution in [3.8, 4) is 0 Å². The van der Waals surface area contributed by atoms with Gasteiger partial charge in [-0.25, -0.2) is 0 Å². The second kappa shape index (κ2) is 10.1. The highest BCUT2D eigenvalue weighted by Crippen LogP contribution is 2.13. The fourth-order valence-electron chi connectivity index (χ4n) is 2.80. The summed E-state index contributed by atoms with van der Waals surface area (Å²) >= 11 is 1.41. The first kappa shape index (κ1) is 20.1. The Labute approximate surface area is 157 Å². The van der Waals surface area contributed by atoms with Crippen molar-refractivity contribution < 1.29 is 19.2 Å². The highest BCUT2D eigenvalue weighted by Gasteiger charge is 2.21. The Morgan fingerprint density at radius 2 is 1.73 bits per heavy atom. The molecule has 0 unspecified atom stereocenters. The molecule has 142 valence electrons.